The predicted octanol–water partition coefficient (Wildman–Crippen LogP) is 15.6. The number of hydrogen-bond donors (Lipinski definition) is 3. The zero-order valence-corrected chi connectivity index (χ0v) is 39.5. The second-order valence-corrected chi connectivity index (χ2v) is 18.3. The maximum Gasteiger partial charge on any atom is 0.306 e. The fourth-order valence-electron chi connectivity index (χ4n) is 8.43. The van der Waals surface area contributed by atoms with Gasteiger partial charge < -0.3 is 20.3 Å². The van der Waals surface area contributed by atoms with Crippen molar-refractivity contribution < 1.29 is 24.5 Å². The average Bonchev–Trinajstić information content (AvgIpc) is 3.22. The van der Waals surface area contributed by atoms with Crippen molar-refractivity contribution in [1.82, 2.24) is 5.32 Å². The van der Waals surface area contributed by atoms with Crippen molar-refractivity contribution in [3.8, 4) is 0 Å². The van der Waals surface area contributed by atoms with Gasteiger partial charge in [0.1, 0.15) is 6.10 Å². The van der Waals surface area contributed by atoms with Crippen molar-refractivity contribution in [2.75, 3.05) is 6.61 Å². The maximum absolute atomic E-state index is 13.2. The Labute approximate surface area is 362 Å². The Morgan fingerprint density at radius 2 is 0.724 bits per heavy atom. The van der Waals surface area contributed by atoms with E-state index in [2.05, 4.69) is 26.1 Å². The molecule has 0 radical (unpaired) electrons. The first kappa shape index (κ1) is 56.9. The zero-order valence-electron chi connectivity index (χ0n) is 39.5. The van der Waals surface area contributed by atoms with E-state index in [1.165, 1.54) is 212 Å². The van der Waals surface area contributed by atoms with Crippen molar-refractivity contribution >= 4 is 11.9 Å². The van der Waals surface area contributed by atoms with Crippen molar-refractivity contribution in [2.24, 2.45) is 0 Å². The Balaban J connectivity index is 4.43. The molecule has 0 aromatic carbocycles. The highest BCUT2D eigenvalue weighted by molar-refractivity contribution is 5.77. The zero-order chi connectivity index (χ0) is 42.4. The van der Waals surface area contributed by atoms with Gasteiger partial charge in [-0.15, -0.1) is 0 Å². The minimum atomic E-state index is -0.779. The number of esters is 1. The summed E-state index contributed by atoms with van der Waals surface area (Å²) < 4.78 is 5.93. The molecule has 0 bridgehead atoms. The minimum absolute atomic E-state index is 0.0874. The van der Waals surface area contributed by atoms with Crippen LogP contribution in [-0.2, 0) is 14.3 Å². The molecule has 0 fully saturated rings. The van der Waals surface area contributed by atoms with Gasteiger partial charge in [-0.2, -0.15) is 0 Å². The van der Waals surface area contributed by atoms with Gasteiger partial charge in [0.15, 0.2) is 0 Å². The number of hydrogen-bond acceptors (Lipinski definition) is 5. The van der Waals surface area contributed by atoms with Gasteiger partial charge in [-0.05, 0) is 25.7 Å². The van der Waals surface area contributed by atoms with Crippen LogP contribution in [-0.4, -0.2) is 46.9 Å². The van der Waals surface area contributed by atoms with Crippen LogP contribution >= 0.6 is 0 Å². The van der Waals surface area contributed by atoms with E-state index in [1.807, 2.05) is 0 Å². The maximum atomic E-state index is 13.2. The molecular weight excluding hydrogens is 719 g/mol. The molecule has 0 saturated heterocycles. The molecule has 6 nitrogen and oxygen atoms in total. The van der Waals surface area contributed by atoms with Crippen LogP contribution in [0.4, 0.5) is 0 Å². The minimum Gasteiger partial charge on any atom is -0.462 e. The Morgan fingerprint density at radius 3 is 1.05 bits per heavy atom. The van der Waals surface area contributed by atoms with Gasteiger partial charge in [-0.25, -0.2) is 0 Å². The molecule has 0 heterocycles. The topological polar surface area (TPSA) is 95.9 Å². The summed E-state index contributed by atoms with van der Waals surface area (Å²) in [4.78, 5) is 26.1. The summed E-state index contributed by atoms with van der Waals surface area (Å²) in [7, 11) is 0. The smallest absolute Gasteiger partial charge is 0.306 e. The third-order valence-corrected chi connectivity index (χ3v) is 12.4. The molecule has 0 rings (SSSR count). The van der Waals surface area contributed by atoms with Crippen LogP contribution in [0.2, 0.25) is 0 Å². The highest BCUT2D eigenvalue weighted by Crippen LogP contribution is 2.19. The summed E-state index contributed by atoms with van der Waals surface area (Å²) in [6, 6.07) is -0.691. The molecular formula is C52H103NO5. The number of unbranched alkanes of at least 4 members (excludes halogenated alkanes) is 36. The van der Waals surface area contributed by atoms with E-state index in [4.69, 9.17) is 4.74 Å². The van der Waals surface area contributed by atoms with Gasteiger partial charge in [0, 0.05) is 6.42 Å². The molecule has 3 unspecified atom stereocenters. The highest BCUT2D eigenvalue weighted by atomic mass is 16.5. The monoisotopic (exact) mass is 822 g/mol. The van der Waals surface area contributed by atoms with Crippen molar-refractivity contribution in [3.05, 3.63) is 0 Å². The van der Waals surface area contributed by atoms with Crippen LogP contribution < -0.4 is 5.32 Å². The first-order chi connectivity index (χ1) is 28.5. The molecule has 0 aromatic heterocycles. The van der Waals surface area contributed by atoms with Crippen LogP contribution in [0.1, 0.15) is 297 Å². The van der Waals surface area contributed by atoms with Crippen LogP contribution in [0.3, 0.4) is 0 Å². The number of ether oxygens (including phenoxy) is 1. The Kier molecular flexibility index (Phi) is 46.0. The molecule has 0 aliphatic heterocycles. The van der Waals surface area contributed by atoms with Crippen molar-refractivity contribution in [3.63, 3.8) is 0 Å². The largest absolute Gasteiger partial charge is 0.462 e. The summed E-state index contributed by atoms with van der Waals surface area (Å²) in [5, 5.41) is 23.8. The number of aliphatic hydroxyl groups is 2. The molecule has 0 spiro atoms. The molecule has 3 N–H and O–H groups in total. The number of rotatable bonds is 48. The fourth-order valence-corrected chi connectivity index (χ4v) is 8.43. The van der Waals surface area contributed by atoms with Gasteiger partial charge in [-0.1, -0.05) is 258 Å². The lowest BCUT2D eigenvalue weighted by atomic mass is 10.0. The molecule has 6 heteroatoms. The standard InChI is InChI=1S/C52H103NO5/c1-4-7-10-13-16-19-22-24-26-27-29-32-35-38-41-44-50(55)49(47-54)53-51(56)46-48(43-40-37-34-31-21-18-15-12-9-6-3)58-52(57)45-42-39-36-33-30-28-25-23-20-17-14-11-8-5-2/h48-50,54-55H,4-47H2,1-3H3,(H,53,56). The summed E-state index contributed by atoms with van der Waals surface area (Å²) >= 11 is 0. The summed E-state index contributed by atoms with van der Waals surface area (Å²) in [5.41, 5.74) is 0. The summed E-state index contributed by atoms with van der Waals surface area (Å²) in [6.45, 7) is 6.51. The molecule has 0 aromatic rings. The van der Waals surface area contributed by atoms with Gasteiger partial charge in [0.25, 0.3) is 0 Å². The lowest BCUT2D eigenvalue weighted by Gasteiger charge is -2.24. The molecule has 346 valence electrons. The van der Waals surface area contributed by atoms with Crippen LogP contribution in [0.25, 0.3) is 0 Å². The third-order valence-electron chi connectivity index (χ3n) is 12.4. The van der Waals surface area contributed by atoms with E-state index in [0.29, 0.717) is 19.3 Å². The normalized spacial score (nSPS) is 13.1. The first-order valence-electron chi connectivity index (χ1n) is 26.3. The van der Waals surface area contributed by atoms with Crippen molar-refractivity contribution in [1.29, 1.82) is 0 Å². The fraction of sp³-hybridized carbons (Fsp3) is 0.962. The average molecular weight is 822 g/mol. The molecule has 58 heavy (non-hydrogen) atoms. The number of carbonyl (C=O) groups excluding carboxylic acids is 2. The van der Waals surface area contributed by atoms with E-state index in [-0.39, 0.29) is 24.9 Å². The van der Waals surface area contributed by atoms with E-state index < -0.39 is 18.2 Å². The SMILES string of the molecule is CCCCCCCCCCCCCCCCCC(O)C(CO)NC(=O)CC(CCCCCCCCCCCC)OC(=O)CCCCCCCCCCCCCCCC. The van der Waals surface area contributed by atoms with Gasteiger partial charge >= 0.3 is 5.97 Å². The van der Waals surface area contributed by atoms with Gasteiger partial charge in [0.2, 0.25) is 5.91 Å². The van der Waals surface area contributed by atoms with E-state index in [9.17, 15) is 19.8 Å². The van der Waals surface area contributed by atoms with Crippen LogP contribution in [0, 0.1) is 0 Å². The summed E-state index contributed by atoms with van der Waals surface area (Å²) in [5.74, 6) is -0.452. The number of aliphatic hydroxyl groups excluding tert-OH is 2. The number of carbonyl (C=O) groups is 2. The molecule has 0 saturated carbocycles. The molecule has 0 aliphatic rings. The molecule has 1 amide bonds. The molecule has 0 aliphatic carbocycles. The lowest BCUT2D eigenvalue weighted by molar-refractivity contribution is -0.151. The van der Waals surface area contributed by atoms with Crippen LogP contribution in [0.15, 0.2) is 0 Å². The van der Waals surface area contributed by atoms with Crippen molar-refractivity contribution in [2.45, 2.75) is 315 Å². The third kappa shape index (κ3) is 41.6. The Morgan fingerprint density at radius 1 is 0.431 bits per heavy atom. The van der Waals surface area contributed by atoms with E-state index in [1.54, 1.807) is 0 Å². The second-order valence-electron chi connectivity index (χ2n) is 18.3. The van der Waals surface area contributed by atoms with E-state index >= 15 is 0 Å². The number of amides is 1. The second kappa shape index (κ2) is 46.9. The Hall–Kier alpha value is -1.14. The first-order valence-corrected chi connectivity index (χ1v) is 26.3. The number of nitrogens with one attached hydrogen (secondary N) is 1. The van der Waals surface area contributed by atoms with Gasteiger partial charge in [-0.3, -0.25) is 9.59 Å². The molecule has 3 atom stereocenters. The lowest BCUT2D eigenvalue weighted by Crippen LogP contribution is -2.46. The van der Waals surface area contributed by atoms with Gasteiger partial charge in [0.05, 0.1) is 25.2 Å². The van der Waals surface area contributed by atoms with Crippen LogP contribution in [0.5, 0.6) is 0 Å². The predicted molar refractivity (Wildman–Crippen MR) is 250 cm³/mol. The highest BCUT2D eigenvalue weighted by Gasteiger charge is 2.24. The van der Waals surface area contributed by atoms with E-state index in [0.717, 1.165) is 38.5 Å². The quantitative estimate of drug-likeness (QED) is 0.0420. The Bertz CT molecular complexity index is 837. The summed E-state index contributed by atoms with van der Waals surface area (Å²) in [6.07, 6.45) is 50.2.